The molecule has 0 N–H and O–H groups in total. The minimum Gasteiger partial charge on any atom is -0.378 e. The fraction of sp³-hybridized carbons (Fsp3) is 0.385. The van der Waals surface area contributed by atoms with Crippen LogP contribution in [0.1, 0.15) is 37.7 Å². The Bertz CT molecular complexity index is 985. The molecule has 4 heteroatoms. The minimum atomic E-state index is 0.149. The van der Waals surface area contributed by atoms with Crippen LogP contribution in [0.2, 0.25) is 0 Å². The highest BCUT2D eigenvalue weighted by Gasteiger charge is 2.23. The van der Waals surface area contributed by atoms with E-state index in [0.29, 0.717) is 12.3 Å². The molecule has 4 nitrogen and oxygen atoms in total. The Hall–Kier alpha value is -2.88. The summed E-state index contributed by atoms with van der Waals surface area (Å²) in [5.74, 6) is 0.734. The lowest BCUT2D eigenvalue weighted by molar-refractivity contribution is -0.118. The summed E-state index contributed by atoms with van der Waals surface area (Å²) in [6.07, 6.45) is 10.4. The number of pyridine rings is 1. The van der Waals surface area contributed by atoms with E-state index in [9.17, 15) is 4.79 Å². The van der Waals surface area contributed by atoms with Crippen molar-refractivity contribution in [1.82, 2.24) is 4.98 Å². The second kappa shape index (κ2) is 9.29. The average Bonchev–Trinajstić information content (AvgIpc) is 2.78. The molecule has 30 heavy (non-hydrogen) atoms. The number of fused-ring (bicyclic) bond motifs is 1. The second-order valence-electron chi connectivity index (χ2n) is 8.62. The van der Waals surface area contributed by atoms with Crippen molar-refractivity contribution in [3.8, 4) is 0 Å². The van der Waals surface area contributed by atoms with Crippen LogP contribution in [0.15, 0.2) is 60.9 Å². The first-order valence-electron chi connectivity index (χ1n) is 11.0. The summed E-state index contributed by atoms with van der Waals surface area (Å²) in [6, 6.07) is 16.5. The van der Waals surface area contributed by atoms with Crippen LogP contribution in [0.4, 0.5) is 11.4 Å². The van der Waals surface area contributed by atoms with E-state index in [4.69, 9.17) is 0 Å². The van der Waals surface area contributed by atoms with Gasteiger partial charge >= 0.3 is 0 Å². The van der Waals surface area contributed by atoms with Gasteiger partial charge in [-0.1, -0.05) is 43.5 Å². The molecule has 156 valence electrons. The number of hydrogen-bond donors (Lipinski definition) is 0. The minimum absolute atomic E-state index is 0.149. The van der Waals surface area contributed by atoms with Crippen molar-refractivity contribution in [2.24, 2.45) is 5.92 Å². The van der Waals surface area contributed by atoms with Gasteiger partial charge in [-0.15, -0.1) is 0 Å². The number of rotatable bonds is 6. The van der Waals surface area contributed by atoms with Crippen molar-refractivity contribution >= 4 is 28.1 Å². The highest BCUT2D eigenvalue weighted by molar-refractivity contribution is 5.97. The third-order valence-corrected chi connectivity index (χ3v) is 6.24. The molecule has 1 amide bonds. The molecule has 0 saturated heterocycles. The van der Waals surface area contributed by atoms with Gasteiger partial charge in [0, 0.05) is 49.8 Å². The topological polar surface area (TPSA) is 36.4 Å². The Morgan fingerprint density at radius 3 is 2.37 bits per heavy atom. The van der Waals surface area contributed by atoms with Gasteiger partial charge in [-0.05, 0) is 54.0 Å². The van der Waals surface area contributed by atoms with Crippen LogP contribution < -0.4 is 9.80 Å². The summed E-state index contributed by atoms with van der Waals surface area (Å²) in [5.41, 5.74) is 3.13. The number of benzene rings is 2. The Morgan fingerprint density at radius 1 is 0.933 bits per heavy atom. The molecule has 1 heterocycles. The van der Waals surface area contributed by atoms with Crippen molar-refractivity contribution < 1.29 is 4.79 Å². The molecule has 1 saturated carbocycles. The van der Waals surface area contributed by atoms with E-state index in [-0.39, 0.29) is 5.91 Å². The van der Waals surface area contributed by atoms with Gasteiger partial charge < -0.3 is 9.80 Å². The summed E-state index contributed by atoms with van der Waals surface area (Å²) in [5, 5.41) is 2.19. The Balaban J connectivity index is 1.61. The number of nitrogens with zero attached hydrogens (tertiary/aromatic N) is 3. The molecule has 1 aliphatic carbocycles. The number of amides is 1. The van der Waals surface area contributed by atoms with Crippen molar-refractivity contribution in [3.63, 3.8) is 0 Å². The van der Waals surface area contributed by atoms with E-state index in [2.05, 4.69) is 46.3 Å². The zero-order valence-electron chi connectivity index (χ0n) is 18.1. The SMILES string of the molecule is CN(C)c1ccc(N(CC2CCCCC2)C(=O)Cc2cncc3ccccc23)cc1. The van der Waals surface area contributed by atoms with Gasteiger partial charge in [-0.3, -0.25) is 9.78 Å². The van der Waals surface area contributed by atoms with E-state index >= 15 is 0 Å². The predicted molar refractivity (Wildman–Crippen MR) is 125 cm³/mol. The molecule has 1 aliphatic rings. The predicted octanol–water partition coefficient (Wildman–Crippen LogP) is 5.46. The van der Waals surface area contributed by atoms with Gasteiger partial charge in [0.05, 0.1) is 6.42 Å². The lowest BCUT2D eigenvalue weighted by Crippen LogP contribution is -2.37. The fourth-order valence-corrected chi connectivity index (χ4v) is 4.49. The zero-order valence-corrected chi connectivity index (χ0v) is 18.1. The summed E-state index contributed by atoms with van der Waals surface area (Å²) < 4.78 is 0. The largest absolute Gasteiger partial charge is 0.378 e. The van der Waals surface area contributed by atoms with E-state index in [1.54, 1.807) is 0 Å². The Labute approximate surface area is 179 Å². The highest BCUT2D eigenvalue weighted by Crippen LogP contribution is 2.28. The van der Waals surface area contributed by atoms with Crippen molar-refractivity contribution in [2.75, 3.05) is 30.4 Å². The maximum atomic E-state index is 13.5. The highest BCUT2D eigenvalue weighted by atomic mass is 16.2. The van der Waals surface area contributed by atoms with Gasteiger partial charge in [0.2, 0.25) is 5.91 Å². The molecular formula is C26H31N3O. The average molecular weight is 402 g/mol. The first-order valence-corrected chi connectivity index (χ1v) is 11.0. The summed E-state index contributed by atoms with van der Waals surface area (Å²) in [7, 11) is 4.07. The monoisotopic (exact) mass is 401 g/mol. The molecule has 3 aromatic rings. The molecule has 4 rings (SSSR count). The standard InChI is InChI=1S/C26H31N3O/c1-28(2)23-12-14-24(15-13-23)29(19-20-8-4-3-5-9-20)26(30)16-22-18-27-17-21-10-6-7-11-25(21)22/h6-7,10-15,17-18,20H,3-5,8-9,16,19H2,1-2H3. The molecule has 0 atom stereocenters. The van der Waals surface area contributed by atoms with E-state index in [0.717, 1.165) is 34.3 Å². The Kier molecular flexibility index (Phi) is 6.32. The molecule has 0 spiro atoms. The van der Waals surface area contributed by atoms with Crippen molar-refractivity contribution in [3.05, 3.63) is 66.5 Å². The molecule has 0 radical (unpaired) electrons. The molecule has 0 aliphatic heterocycles. The van der Waals surface area contributed by atoms with Crippen LogP contribution in [0, 0.1) is 5.92 Å². The molecule has 1 aromatic heterocycles. The van der Waals surface area contributed by atoms with Gasteiger partial charge in [0.25, 0.3) is 0 Å². The van der Waals surface area contributed by atoms with Crippen LogP contribution in [0.5, 0.6) is 0 Å². The lowest BCUT2D eigenvalue weighted by atomic mass is 9.88. The van der Waals surface area contributed by atoms with Crippen LogP contribution in [0.3, 0.4) is 0 Å². The quantitative estimate of drug-likeness (QED) is 0.550. The second-order valence-corrected chi connectivity index (χ2v) is 8.62. The maximum absolute atomic E-state index is 13.5. The Morgan fingerprint density at radius 2 is 1.63 bits per heavy atom. The number of anilines is 2. The van der Waals surface area contributed by atoms with Gasteiger partial charge in [-0.25, -0.2) is 0 Å². The fourth-order valence-electron chi connectivity index (χ4n) is 4.49. The van der Waals surface area contributed by atoms with Gasteiger partial charge in [-0.2, -0.15) is 0 Å². The van der Waals surface area contributed by atoms with E-state index in [1.807, 2.05) is 43.5 Å². The zero-order chi connectivity index (χ0) is 20.9. The van der Waals surface area contributed by atoms with Crippen LogP contribution in [-0.2, 0) is 11.2 Å². The van der Waals surface area contributed by atoms with Crippen molar-refractivity contribution in [1.29, 1.82) is 0 Å². The lowest BCUT2D eigenvalue weighted by Gasteiger charge is -2.30. The first-order chi connectivity index (χ1) is 14.6. The molecular weight excluding hydrogens is 370 g/mol. The van der Waals surface area contributed by atoms with E-state index in [1.165, 1.54) is 32.1 Å². The third-order valence-electron chi connectivity index (χ3n) is 6.24. The number of carbonyl (C=O) groups is 1. The first kappa shape index (κ1) is 20.4. The normalized spacial score (nSPS) is 14.6. The number of aromatic nitrogens is 1. The molecule has 0 bridgehead atoms. The smallest absolute Gasteiger partial charge is 0.231 e. The van der Waals surface area contributed by atoms with Crippen molar-refractivity contribution in [2.45, 2.75) is 38.5 Å². The molecule has 2 aromatic carbocycles. The van der Waals surface area contributed by atoms with Gasteiger partial charge in [0.1, 0.15) is 0 Å². The molecule has 0 unspecified atom stereocenters. The number of hydrogen-bond acceptors (Lipinski definition) is 3. The van der Waals surface area contributed by atoms with Gasteiger partial charge in [0.15, 0.2) is 0 Å². The van der Waals surface area contributed by atoms with Crippen LogP contribution in [-0.4, -0.2) is 31.5 Å². The maximum Gasteiger partial charge on any atom is 0.231 e. The van der Waals surface area contributed by atoms with Crippen LogP contribution >= 0.6 is 0 Å². The third kappa shape index (κ3) is 4.64. The molecule has 1 fully saturated rings. The van der Waals surface area contributed by atoms with Crippen LogP contribution in [0.25, 0.3) is 10.8 Å². The van der Waals surface area contributed by atoms with E-state index < -0.39 is 0 Å². The number of carbonyl (C=O) groups excluding carboxylic acids is 1. The summed E-state index contributed by atoms with van der Waals surface area (Å²) in [4.78, 5) is 22.0. The summed E-state index contributed by atoms with van der Waals surface area (Å²) in [6.45, 7) is 0.804. The summed E-state index contributed by atoms with van der Waals surface area (Å²) >= 11 is 0.